The molecule has 0 aliphatic rings. The van der Waals surface area contributed by atoms with E-state index in [1.165, 1.54) is 0 Å². The minimum Gasteiger partial charge on any atom is -0.371 e. The molecular formula is C52H116O12Si4. The molecule has 0 N–H and O–H groups in total. The van der Waals surface area contributed by atoms with Gasteiger partial charge in [-0.3, -0.25) is 0 Å². The van der Waals surface area contributed by atoms with Crippen LogP contribution in [0.1, 0.15) is 246 Å². The summed E-state index contributed by atoms with van der Waals surface area (Å²) in [5.41, 5.74) is -2.70. The van der Waals surface area contributed by atoms with Crippen molar-refractivity contribution in [1.29, 1.82) is 0 Å². The van der Waals surface area contributed by atoms with Gasteiger partial charge in [0, 0.05) is 60.8 Å². The van der Waals surface area contributed by atoms with Crippen LogP contribution in [-0.4, -0.2) is 105 Å². The van der Waals surface area contributed by atoms with Crippen molar-refractivity contribution < 1.29 is 53.1 Å². The Balaban J connectivity index is 0. The first kappa shape index (κ1) is 70.5. The van der Waals surface area contributed by atoms with Crippen molar-refractivity contribution in [2.24, 2.45) is 0 Å². The number of rotatable bonds is 30. The predicted octanol–water partition coefficient (Wildman–Crippen LogP) is 15.5. The van der Waals surface area contributed by atoms with E-state index in [4.69, 9.17) is 53.1 Å². The minimum absolute atomic E-state index is 0.0531. The first-order valence-electron chi connectivity index (χ1n) is 26.7. The second kappa shape index (κ2) is 29.5. The Hall–Kier alpha value is 0.388. The molecule has 12 nitrogen and oxygen atoms in total. The summed E-state index contributed by atoms with van der Waals surface area (Å²) in [5.74, 6) is 0. The van der Waals surface area contributed by atoms with Crippen molar-refractivity contribution in [2.45, 2.75) is 341 Å². The average Bonchev–Trinajstić information content (AvgIpc) is 3.12. The van der Waals surface area contributed by atoms with E-state index in [-0.39, 0.29) is 36.6 Å². The normalized spacial score (nSPS) is 18.4. The molecule has 0 radical (unpaired) electrons. The van der Waals surface area contributed by atoms with Crippen LogP contribution in [0.2, 0.25) is 24.2 Å². The fourth-order valence-corrected chi connectivity index (χ4v) is 23.8. The van der Waals surface area contributed by atoms with Crippen LogP contribution in [0.3, 0.4) is 0 Å². The lowest BCUT2D eigenvalue weighted by atomic mass is 10.2. The van der Waals surface area contributed by atoms with Crippen molar-refractivity contribution in [3.63, 3.8) is 0 Å². The largest absolute Gasteiger partial charge is 0.502 e. The van der Waals surface area contributed by atoms with Gasteiger partial charge < -0.3 is 53.1 Å². The third-order valence-electron chi connectivity index (χ3n) is 9.98. The number of hydrogen-bond donors (Lipinski definition) is 0. The highest BCUT2D eigenvalue weighted by molar-refractivity contribution is 6.67. The standard InChI is InChI=1S/2C26H58O6Si2/c1-21(2,3)27-33(28-22(4,5)6,29-23(7,8)9)19-20-34(30-24(10,11)12,31-25(13,14)15)32-26(16,17)18;1-13-21(7)27-33(28-22(8)14-2,29-23(9)15-3)19-20-34(30-24(10)16-4,31-25(11)17-5)32-26(12)18-6/h19-20H2,1-18H3;21-26H,13-20H2,1-12H3. The van der Waals surface area contributed by atoms with E-state index in [1.54, 1.807) is 0 Å². The molecule has 0 saturated carbocycles. The quantitative estimate of drug-likeness (QED) is 0.0639. The molecule has 0 fully saturated rings. The average molecular weight is 1050 g/mol. The Kier molecular flexibility index (Phi) is 30.5. The maximum atomic E-state index is 6.71. The fraction of sp³-hybridized carbons (Fsp3) is 1.00. The van der Waals surface area contributed by atoms with Gasteiger partial charge in [0.2, 0.25) is 0 Å². The van der Waals surface area contributed by atoms with Crippen molar-refractivity contribution in [3.8, 4) is 0 Å². The van der Waals surface area contributed by atoms with Crippen LogP contribution in [0, 0.1) is 0 Å². The smallest absolute Gasteiger partial charge is 0.371 e. The molecule has 0 aromatic rings. The molecule has 16 heteroatoms. The molecular weight excluding hydrogens is 929 g/mol. The van der Waals surface area contributed by atoms with Crippen molar-refractivity contribution >= 4 is 35.2 Å². The molecule has 0 aromatic carbocycles. The third kappa shape index (κ3) is 33.3. The van der Waals surface area contributed by atoms with Crippen LogP contribution in [-0.2, 0) is 53.1 Å². The monoisotopic (exact) mass is 1040 g/mol. The van der Waals surface area contributed by atoms with E-state index in [1.807, 2.05) is 125 Å². The van der Waals surface area contributed by atoms with Gasteiger partial charge in [-0.05, 0) is 205 Å². The van der Waals surface area contributed by atoms with Gasteiger partial charge in [-0.2, -0.15) is 0 Å². The maximum Gasteiger partial charge on any atom is 0.502 e. The molecule has 68 heavy (non-hydrogen) atoms. The second-order valence-electron chi connectivity index (χ2n) is 25.0. The zero-order chi connectivity index (χ0) is 54.0. The summed E-state index contributed by atoms with van der Waals surface area (Å²) in [4.78, 5) is 0. The molecule has 0 heterocycles. The summed E-state index contributed by atoms with van der Waals surface area (Å²) in [6, 6.07) is 2.30. The van der Waals surface area contributed by atoms with E-state index in [2.05, 4.69) is 83.1 Å². The summed E-state index contributed by atoms with van der Waals surface area (Å²) < 4.78 is 80.3. The molecule has 0 aliphatic heterocycles. The van der Waals surface area contributed by atoms with E-state index in [9.17, 15) is 0 Å². The van der Waals surface area contributed by atoms with Gasteiger partial charge in [-0.1, -0.05) is 41.5 Å². The highest BCUT2D eigenvalue weighted by atomic mass is 28.4. The van der Waals surface area contributed by atoms with E-state index in [0.29, 0.717) is 24.2 Å². The summed E-state index contributed by atoms with van der Waals surface area (Å²) in [6.07, 6.45) is 5.74. The van der Waals surface area contributed by atoms with E-state index >= 15 is 0 Å². The summed E-state index contributed by atoms with van der Waals surface area (Å²) in [7, 11) is -12.6. The van der Waals surface area contributed by atoms with Crippen molar-refractivity contribution in [1.82, 2.24) is 0 Å². The lowest BCUT2D eigenvalue weighted by molar-refractivity contribution is -0.0853. The predicted molar refractivity (Wildman–Crippen MR) is 292 cm³/mol. The van der Waals surface area contributed by atoms with Crippen LogP contribution in [0.25, 0.3) is 0 Å². The molecule has 0 bridgehead atoms. The van der Waals surface area contributed by atoms with E-state index in [0.717, 1.165) is 38.5 Å². The molecule has 0 amide bonds. The number of hydrogen-bond acceptors (Lipinski definition) is 12. The van der Waals surface area contributed by atoms with Gasteiger partial charge in [0.05, 0.1) is 33.6 Å². The Bertz CT molecular complexity index is 1090. The Morgan fingerprint density at radius 3 is 0.456 bits per heavy atom. The zero-order valence-electron chi connectivity index (χ0n) is 50.4. The summed E-state index contributed by atoms with van der Waals surface area (Å²) in [5, 5.41) is 0. The lowest BCUT2D eigenvalue weighted by Gasteiger charge is -2.46. The van der Waals surface area contributed by atoms with Gasteiger partial charge in [-0.25, -0.2) is 0 Å². The van der Waals surface area contributed by atoms with Gasteiger partial charge in [0.1, 0.15) is 0 Å². The van der Waals surface area contributed by atoms with Gasteiger partial charge in [0.15, 0.2) is 0 Å². The molecule has 0 saturated heterocycles. The first-order chi connectivity index (χ1) is 30.4. The Labute approximate surface area is 427 Å². The Morgan fingerprint density at radius 1 is 0.235 bits per heavy atom. The third-order valence-corrected chi connectivity index (χ3v) is 24.5. The second-order valence-corrected chi connectivity index (χ2v) is 35.1. The summed E-state index contributed by atoms with van der Waals surface area (Å²) in [6.45, 7) is 62.2. The molecule has 0 spiro atoms. The minimum atomic E-state index is -3.24. The van der Waals surface area contributed by atoms with Crippen LogP contribution < -0.4 is 0 Å². The lowest BCUT2D eigenvalue weighted by Crippen LogP contribution is -2.61. The highest BCUT2D eigenvalue weighted by Crippen LogP contribution is 2.39. The first-order valence-corrected chi connectivity index (χ1v) is 34.4. The van der Waals surface area contributed by atoms with Gasteiger partial charge >= 0.3 is 35.2 Å². The SMILES string of the molecule is CC(C)(C)O[Si](CC[Si](OC(C)(C)C)(OC(C)(C)C)OC(C)(C)C)(OC(C)(C)C)OC(C)(C)C.CCC(C)O[Si](CC[Si](OC(C)CC)(OC(C)CC)OC(C)CC)(OC(C)CC)OC(C)CC. The maximum absolute atomic E-state index is 6.71. The molecule has 6 unspecified atom stereocenters. The van der Waals surface area contributed by atoms with Crippen LogP contribution in [0.15, 0.2) is 0 Å². The van der Waals surface area contributed by atoms with Gasteiger partial charge in [0.25, 0.3) is 0 Å². The van der Waals surface area contributed by atoms with Crippen LogP contribution in [0.4, 0.5) is 0 Å². The highest BCUT2D eigenvalue weighted by Gasteiger charge is 2.57. The fourth-order valence-electron chi connectivity index (χ4n) is 6.70. The zero-order valence-corrected chi connectivity index (χ0v) is 54.4. The molecule has 6 atom stereocenters. The molecule has 0 aromatic heterocycles. The van der Waals surface area contributed by atoms with E-state index < -0.39 is 68.8 Å². The van der Waals surface area contributed by atoms with Crippen LogP contribution >= 0.6 is 0 Å². The molecule has 0 aliphatic carbocycles. The topological polar surface area (TPSA) is 111 Å². The molecule has 412 valence electrons. The Morgan fingerprint density at radius 2 is 0.353 bits per heavy atom. The molecule has 0 rings (SSSR count). The van der Waals surface area contributed by atoms with Gasteiger partial charge in [-0.15, -0.1) is 0 Å². The summed E-state index contributed by atoms with van der Waals surface area (Å²) >= 11 is 0. The van der Waals surface area contributed by atoms with Crippen molar-refractivity contribution in [2.75, 3.05) is 0 Å². The van der Waals surface area contributed by atoms with Crippen molar-refractivity contribution in [3.05, 3.63) is 0 Å². The van der Waals surface area contributed by atoms with Crippen LogP contribution in [0.5, 0.6) is 0 Å².